The SMILES string of the molecule is CC1CCN(C(=O)c2cncc(Nc3ccc(N(C)C)cc3)c2)CC1. The Kier molecular flexibility index (Phi) is 5.22. The fourth-order valence-electron chi connectivity index (χ4n) is 3.03. The van der Waals surface area contributed by atoms with Gasteiger partial charge < -0.3 is 15.1 Å². The van der Waals surface area contributed by atoms with Gasteiger partial charge >= 0.3 is 0 Å². The van der Waals surface area contributed by atoms with E-state index in [0.717, 1.165) is 43.0 Å². The van der Waals surface area contributed by atoms with Gasteiger partial charge in [0.05, 0.1) is 17.4 Å². The topological polar surface area (TPSA) is 48.5 Å². The zero-order valence-corrected chi connectivity index (χ0v) is 15.2. The highest BCUT2D eigenvalue weighted by atomic mass is 16.2. The molecule has 1 aliphatic heterocycles. The van der Waals surface area contributed by atoms with Gasteiger partial charge in [0, 0.05) is 44.8 Å². The van der Waals surface area contributed by atoms with E-state index in [1.807, 2.05) is 37.2 Å². The summed E-state index contributed by atoms with van der Waals surface area (Å²) in [5.41, 5.74) is 3.59. The Labute approximate surface area is 149 Å². The van der Waals surface area contributed by atoms with Gasteiger partial charge in [0.15, 0.2) is 0 Å². The van der Waals surface area contributed by atoms with Crippen molar-refractivity contribution in [3.8, 4) is 0 Å². The molecule has 0 atom stereocenters. The summed E-state index contributed by atoms with van der Waals surface area (Å²) in [7, 11) is 4.03. The van der Waals surface area contributed by atoms with Crippen molar-refractivity contribution >= 4 is 23.0 Å². The first-order chi connectivity index (χ1) is 12.0. The Morgan fingerprint density at radius 3 is 2.44 bits per heavy atom. The number of rotatable bonds is 4. The molecule has 1 N–H and O–H groups in total. The van der Waals surface area contributed by atoms with E-state index < -0.39 is 0 Å². The number of benzene rings is 1. The van der Waals surface area contributed by atoms with Gasteiger partial charge in [0.1, 0.15) is 0 Å². The molecule has 0 unspecified atom stereocenters. The number of nitrogens with one attached hydrogen (secondary N) is 1. The zero-order valence-electron chi connectivity index (χ0n) is 15.2. The summed E-state index contributed by atoms with van der Waals surface area (Å²) in [4.78, 5) is 20.9. The first kappa shape index (κ1) is 17.3. The first-order valence-corrected chi connectivity index (χ1v) is 8.81. The molecule has 1 amide bonds. The van der Waals surface area contributed by atoms with Crippen molar-refractivity contribution < 1.29 is 4.79 Å². The van der Waals surface area contributed by atoms with E-state index in [2.05, 4.69) is 34.3 Å². The third kappa shape index (κ3) is 4.29. The predicted octanol–water partition coefficient (Wildman–Crippen LogP) is 3.76. The highest BCUT2D eigenvalue weighted by Gasteiger charge is 2.21. The van der Waals surface area contributed by atoms with Gasteiger partial charge in [-0.1, -0.05) is 6.92 Å². The summed E-state index contributed by atoms with van der Waals surface area (Å²) in [6, 6.07) is 10.0. The Balaban J connectivity index is 1.69. The van der Waals surface area contributed by atoms with Gasteiger partial charge in [0.25, 0.3) is 5.91 Å². The average Bonchev–Trinajstić information content (AvgIpc) is 2.62. The van der Waals surface area contributed by atoms with E-state index in [1.54, 1.807) is 12.4 Å². The van der Waals surface area contributed by atoms with Gasteiger partial charge in [-0.2, -0.15) is 0 Å². The van der Waals surface area contributed by atoms with Crippen LogP contribution in [0.1, 0.15) is 30.1 Å². The normalized spacial score (nSPS) is 15.1. The molecular weight excluding hydrogens is 312 g/mol. The lowest BCUT2D eigenvalue weighted by Crippen LogP contribution is -2.37. The van der Waals surface area contributed by atoms with E-state index in [9.17, 15) is 4.79 Å². The molecule has 1 aromatic heterocycles. The molecule has 1 aliphatic rings. The second kappa shape index (κ2) is 7.55. The highest BCUT2D eigenvalue weighted by Crippen LogP contribution is 2.22. The van der Waals surface area contributed by atoms with E-state index >= 15 is 0 Å². The monoisotopic (exact) mass is 338 g/mol. The number of anilines is 3. The third-order valence-electron chi connectivity index (χ3n) is 4.73. The minimum atomic E-state index is 0.0750. The lowest BCUT2D eigenvalue weighted by molar-refractivity contribution is 0.0697. The fourth-order valence-corrected chi connectivity index (χ4v) is 3.03. The van der Waals surface area contributed by atoms with Gasteiger partial charge in [0.2, 0.25) is 0 Å². The number of carbonyl (C=O) groups is 1. The average molecular weight is 338 g/mol. The summed E-state index contributed by atoms with van der Waals surface area (Å²) in [5, 5.41) is 3.32. The molecule has 0 aliphatic carbocycles. The number of piperidine rings is 1. The van der Waals surface area contributed by atoms with Crippen LogP contribution in [0.3, 0.4) is 0 Å². The van der Waals surface area contributed by atoms with Crippen LogP contribution in [0.15, 0.2) is 42.7 Å². The zero-order chi connectivity index (χ0) is 17.8. The minimum absolute atomic E-state index is 0.0750. The largest absolute Gasteiger partial charge is 0.378 e. The summed E-state index contributed by atoms with van der Waals surface area (Å²) in [6.45, 7) is 3.92. The highest BCUT2D eigenvalue weighted by molar-refractivity contribution is 5.95. The molecule has 0 saturated carbocycles. The molecule has 2 heterocycles. The van der Waals surface area contributed by atoms with E-state index in [4.69, 9.17) is 0 Å². The van der Waals surface area contributed by atoms with Crippen molar-refractivity contribution in [2.45, 2.75) is 19.8 Å². The van der Waals surface area contributed by atoms with Crippen LogP contribution in [0.2, 0.25) is 0 Å². The minimum Gasteiger partial charge on any atom is -0.378 e. The number of amides is 1. The maximum Gasteiger partial charge on any atom is 0.255 e. The summed E-state index contributed by atoms with van der Waals surface area (Å²) < 4.78 is 0. The van der Waals surface area contributed by atoms with Gasteiger partial charge in [-0.3, -0.25) is 9.78 Å². The molecule has 1 fully saturated rings. The quantitative estimate of drug-likeness (QED) is 0.922. The van der Waals surface area contributed by atoms with Gasteiger partial charge in [-0.25, -0.2) is 0 Å². The predicted molar refractivity (Wildman–Crippen MR) is 103 cm³/mol. The van der Waals surface area contributed by atoms with E-state index in [0.29, 0.717) is 11.5 Å². The van der Waals surface area contributed by atoms with Crippen LogP contribution < -0.4 is 10.2 Å². The maximum atomic E-state index is 12.7. The van der Waals surface area contributed by atoms with Crippen LogP contribution in [0.4, 0.5) is 17.1 Å². The van der Waals surface area contributed by atoms with Crippen LogP contribution in [0, 0.1) is 5.92 Å². The van der Waals surface area contributed by atoms with Crippen molar-refractivity contribution in [1.82, 2.24) is 9.88 Å². The fraction of sp³-hybridized carbons (Fsp3) is 0.400. The number of nitrogens with zero attached hydrogens (tertiary/aromatic N) is 3. The molecule has 5 heteroatoms. The molecule has 25 heavy (non-hydrogen) atoms. The Morgan fingerprint density at radius 1 is 1.12 bits per heavy atom. The van der Waals surface area contributed by atoms with Gasteiger partial charge in [-0.15, -0.1) is 0 Å². The maximum absolute atomic E-state index is 12.7. The molecule has 5 nitrogen and oxygen atoms in total. The van der Waals surface area contributed by atoms with E-state index in [-0.39, 0.29) is 5.91 Å². The molecule has 0 spiro atoms. The molecule has 3 rings (SSSR count). The number of likely N-dealkylation sites (tertiary alicyclic amines) is 1. The van der Waals surface area contributed by atoms with Crippen LogP contribution in [0.5, 0.6) is 0 Å². The number of hydrogen-bond donors (Lipinski definition) is 1. The molecule has 0 bridgehead atoms. The first-order valence-electron chi connectivity index (χ1n) is 8.81. The number of pyridine rings is 1. The summed E-state index contributed by atoms with van der Waals surface area (Å²) in [5.74, 6) is 0.784. The van der Waals surface area contributed by atoms with Crippen LogP contribution >= 0.6 is 0 Å². The molecule has 1 aromatic carbocycles. The number of carbonyl (C=O) groups excluding carboxylic acids is 1. The molecule has 0 radical (unpaired) electrons. The van der Waals surface area contributed by atoms with Crippen molar-refractivity contribution in [3.05, 3.63) is 48.3 Å². The standard InChI is InChI=1S/C20H26N4O/c1-15-8-10-24(11-9-15)20(25)16-12-18(14-21-13-16)22-17-4-6-19(7-5-17)23(2)3/h4-7,12-15,22H,8-11H2,1-3H3. The lowest BCUT2D eigenvalue weighted by Gasteiger charge is -2.30. The Bertz CT molecular complexity index is 719. The molecule has 132 valence electrons. The smallest absolute Gasteiger partial charge is 0.255 e. The van der Waals surface area contributed by atoms with Crippen LogP contribution in [-0.4, -0.2) is 43.0 Å². The van der Waals surface area contributed by atoms with Crippen molar-refractivity contribution in [3.63, 3.8) is 0 Å². The number of aromatic nitrogens is 1. The second-order valence-electron chi connectivity index (χ2n) is 7.00. The lowest BCUT2D eigenvalue weighted by atomic mass is 9.99. The summed E-state index contributed by atoms with van der Waals surface area (Å²) in [6.07, 6.45) is 5.56. The number of hydrogen-bond acceptors (Lipinski definition) is 4. The van der Waals surface area contributed by atoms with Crippen molar-refractivity contribution in [1.29, 1.82) is 0 Å². The molecular formula is C20H26N4O. The summed E-state index contributed by atoms with van der Waals surface area (Å²) >= 11 is 0. The third-order valence-corrected chi connectivity index (χ3v) is 4.73. The Morgan fingerprint density at radius 2 is 1.80 bits per heavy atom. The van der Waals surface area contributed by atoms with E-state index in [1.165, 1.54) is 0 Å². The van der Waals surface area contributed by atoms with Crippen LogP contribution in [0.25, 0.3) is 0 Å². The molecule has 2 aromatic rings. The second-order valence-corrected chi connectivity index (χ2v) is 7.00. The van der Waals surface area contributed by atoms with Crippen molar-refractivity contribution in [2.75, 3.05) is 37.4 Å². The molecule has 1 saturated heterocycles. The Hall–Kier alpha value is -2.56. The van der Waals surface area contributed by atoms with Crippen molar-refractivity contribution in [2.24, 2.45) is 5.92 Å². The van der Waals surface area contributed by atoms with Gasteiger partial charge in [-0.05, 0) is 49.1 Å². The van der Waals surface area contributed by atoms with Crippen LogP contribution in [-0.2, 0) is 0 Å².